The summed E-state index contributed by atoms with van der Waals surface area (Å²) in [6.07, 6.45) is 1.85. The first-order valence-electron chi connectivity index (χ1n) is 9.45. The number of nitrogens with one attached hydrogen (secondary N) is 1. The minimum atomic E-state index is -0.0538. The minimum Gasteiger partial charge on any atom is -0.354 e. The molecule has 1 N–H and O–H groups in total. The van der Waals surface area contributed by atoms with E-state index >= 15 is 0 Å². The summed E-state index contributed by atoms with van der Waals surface area (Å²) in [5, 5.41) is 16.2. The van der Waals surface area contributed by atoms with Gasteiger partial charge < -0.3 is 10.2 Å². The first-order valence-corrected chi connectivity index (χ1v) is 9.45. The van der Waals surface area contributed by atoms with Gasteiger partial charge in [0.05, 0.1) is 5.92 Å². The molecular formula is C20H24N6O. The van der Waals surface area contributed by atoms with E-state index in [2.05, 4.69) is 34.3 Å². The molecule has 7 nitrogen and oxygen atoms in total. The van der Waals surface area contributed by atoms with Crippen LogP contribution in [0.15, 0.2) is 42.5 Å². The molecule has 27 heavy (non-hydrogen) atoms. The quantitative estimate of drug-likeness (QED) is 0.770. The summed E-state index contributed by atoms with van der Waals surface area (Å²) in [5.74, 6) is 1.97. The first-order chi connectivity index (χ1) is 13.1. The fraction of sp³-hybridized carbons (Fsp3) is 0.400. The van der Waals surface area contributed by atoms with Crippen molar-refractivity contribution in [2.24, 2.45) is 5.92 Å². The van der Waals surface area contributed by atoms with E-state index in [1.807, 2.05) is 47.0 Å². The molecule has 0 bridgehead atoms. The van der Waals surface area contributed by atoms with E-state index in [0.717, 1.165) is 42.4 Å². The van der Waals surface area contributed by atoms with Gasteiger partial charge in [0, 0.05) is 24.7 Å². The van der Waals surface area contributed by atoms with E-state index < -0.39 is 0 Å². The van der Waals surface area contributed by atoms with E-state index in [1.165, 1.54) is 0 Å². The van der Waals surface area contributed by atoms with Gasteiger partial charge in [-0.05, 0) is 37.1 Å². The number of benzene rings is 1. The number of carbonyl (C=O) groups is 1. The zero-order valence-corrected chi connectivity index (χ0v) is 15.7. The van der Waals surface area contributed by atoms with Gasteiger partial charge in [-0.3, -0.25) is 4.79 Å². The van der Waals surface area contributed by atoms with Crippen molar-refractivity contribution >= 4 is 23.1 Å². The van der Waals surface area contributed by atoms with Gasteiger partial charge in [0.1, 0.15) is 5.82 Å². The van der Waals surface area contributed by atoms with Gasteiger partial charge in [-0.15, -0.1) is 15.3 Å². The highest BCUT2D eigenvalue weighted by Crippen LogP contribution is 2.24. The van der Waals surface area contributed by atoms with Crippen LogP contribution in [0.4, 0.5) is 11.5 Å². The summed E-state index contributed by atoms with van der Waals surface area (Å²) in [6.45, 7) is 5.72. The average molecular weight is 364 g/mol. The molecule has 1 saturated heterocycles. The maximum atomic E-state index is 12.7. The van der Waals surface area contributed by atoms with Gasteiger partial charge in [-0.1, -0.05) is 32.0 Å². The molecule has 3 aromatic rings. The Kier molecular flexibility index (Phi) is 4.75. The smallest absolute Gasteiger partial charge is 0.229 e. The summed E-state index contributed by atoms with van der Waals surface area (Å²) in [6, 6.07) is 13.5. The van der Waals surface area contributed by atoms with Gasteiger partial charge in [0.15, 0.2) is 11.5 Å². The molecule has 0 radical (unpaired) electrons. The monoisotopic (exact) mass is 364 g/mol. The number of nitrogens with zero attached hydrogens (tertiary/aromatic N) is 5. The second-order valence-corrected chi connectivity index (χ2v) is 7.31. The number of carbonyl (C=O) groups excluding carboxylic acids is 1. The second kappa shape index (κ2) is 7.34. The van der Waals surface area contributed by atoms with Gasteiger partial charge in [-0.2, -0.15) is 4.52 Å². The molecule has 7 heteroatoms. The van der Waals surface area contributed by atoms with Crippen LogP contribution >= 0.6 is 0 Å². The van der Waals surface area contributed by atoms with E-state index in [-0.39, 0.29) is 17.7 Å². The van der Waals surface area contributed by atoms with Crippen LogP contribution in [0.2, 0.25) is 0 Å². The van der Waals surface area contributed by atoms with Crippen molar-refractivity contribution in [2.45, 2.75) is 32.6 Å². The third kappa shape index (κ3) is 3.63. The summed E-state index contributed by atoms with van der Waals surface area (Å²) in [4.78, 5) is 14.9. The number of piperidine rings is 1. The maximum Gasteiger partial charge on any atom is 0.229 e. The van der Waals surface area contributed by atoms with Crippen LogP contribution in [0.3, 0.4) is 0 Å². The molecule has 0 saturated carbocycles. The number of anilines is 2. The number of fused-ring (bicyclic) bond motifs is 1. The summed E-state index contributed by atoms with van der Waals surface area (Å²) >= 11 is 0. The zero-order valence-electron chi connectivity index (χ0n) is 15.7. The molecule has 1 aliphatic heterocycles. The molecule has 0 aliphatic carbocycles. The highest BCUT2D eigenvalue weighted by Gasteiger charge is 2.27. The molecule has 1 aromatic carbocycles. The maximum absolute atomic E-state index is 12.7. The van der Waals surface area contributed by atoms with Crippen molar-refractivity contribution in [3.8, 4) is 0 Å². The predicted octanol–water partition coefficient (Wildman–Crippen LogP) is 3.10. The minimum absolute atomic E-state index is 0.0538. The highest BCUT2D eigenvalue weighted by atomic mass is 16.1. The van der Waals surface area contributed by atoms with Crippen LogP contribution in [-0.2, 0) is 4.79 Å². The van der Waals surface area contributed by atoms with E-state index in [1.54, 1.807) is 0 Å². The van der Waals surface area contributed by atoms with Gasteiger partial charge in [0.25, 0.3) is 0 Å². The van der Waals surface area contributed by atoms with Gasteiger partial charge in [0.2, 0.25) is 5.91 Å². The fourth-order valence-corrected chi connectivity index (χ4v) is 3.49. The number of aromatic nitrogens is 4. The first kappa shape index (κ1) is 17.5. The van der Waals surface area contributed by atoms with Crippen LogP contribution in [0.1, 0.15) is 38.4 Å². The molecule has 1 amide bonds. The molecule has 2 aromatic heterocycles. The highest BCUT2D eigenvalue weighted by molar-refractivity contribution is 5.93. The van der Waals surface area contributed by atoms with Crippen LogP contribution in [-0.4, -0.2) is 38.8 Å². The number of para-hydroxylation sites is 1. The number of hydrogen-bond donors (Lipinski definition) is 1. The van der Waals surface area contributed by atoms with Crippen molar-refractivity contribution in [3.05, 3.63) is 48.3 Å². The van der Waals surface area contributed by atoms with Crippen LogP contribution in [0.25, 0.3) is 5.65 Å². The van der Waals surface area contributed by atoms with E-state index in [4.69, 9.17) is 5.10 Å². The lowest BCUT2D eigenvalue weighted by Crippen LogP contribution is -2.41. The molecule has 0 spiro atoms. The molecular weight excluding hydrogens is 340 g/mol. The van der Waals surface area contributed by atoms with Crippen molar-refractivity contribution in [1.29, 1.82) is 0 Å². The lowest BCUT2D eigenvalue weighted by molar-refractivity contribution is -0.120. The Morgan fingerprint density at radius 2 is 1.96 bits per heavy atom. The normalized spacial score (nSPS) is 17.4. The Labute approximate surface area is 158 Å². The Bertz CT molecular complexity index is 936. The molecule has 4 rings (SSSR count). The largest absolute Gasteiger partial charge is 0.354 e. The Balaban J connectivity index is 1.51. The van der Waals surface area contributed by atoms with Crippen molar-refractivity contribution in [3.63, 3.8) is 0 Å². The zero-order chi connectivity index (χ0) is 18.8. The van der Waals surface area contributed by atoms with Crippen LogP contribution in [0.5, 0.6) is 0 Å². The van der Waals surface area contributed by atoms with Crippen molar-refractivity contribution < 1.29 is 4.79 Å². The van der Waals surface area contributed by atoms with E-state index in [9.17, 15) is 4.79 Å². The number of rotatable bonds is 4. The topological polar surface area (TPSA) is 75.4 Å². The third-order valence-corrected chi connectivity index (χ3v) is 4.95. The number of hydrogen-bond acceptors (Lipinski definition) is 5. The van der Waals surface area contributed by atoms with Crippen LogP contribution < -0.4 is 10.2 Å². The predicted molar refractivity (Wildman–Crippen MR) is 105 cm³/mol. The Morgan fingerprint density at radius 1 is 1.15 bits per heavy atom. The van der Waals surface area contributed by atoms with Crippen LogP contribution in [0, 0.1) is 5.92 Å². The average Bonchev–Trinajstić information content (AvgIpc) is 3.12. The van der Waals surface area contributed by atoms with Crippen molar-refractivity contribution in [1.82, 2.24) is 19.8 Å². The summed E-state index contributed by atoms with van der Waals surface area (Å²) in [7, 11) is 0. The molecule has 140 valence electrons. The molecule has 1 atom stereocenters. The third-order valence-electron chi connectivity index (χ3n) is 4.95. The molecule has 1 fully saturated rings. The lowest BCUT2D eigenvalue weighted by Gasteiger charge is -2.32. The SMILES string of the molecule is CC(C)c1nnc2ccc(N3CCCC(C(=O)Nc4ccccc4)C3)nn12. The lowest BCUT2D eigenvalue weighted by atomic mass is 9.97. The summed E-state index contributed by atoms with van der Waals surface area (Å²) < 4.78 is 1.81. The van der Waals surface area contributed by atoms with Gasteiger partial charge in [-0.25, -0.2) is 0 Å². The summed E-state index contributed by atoms with van der Waals surface area (Å²) in [5.41, 5.74) is 1.59. The Morgan fingerprint density at radius 3 is 2.74 bits per heavy atom. The molecule has 1 aliphatic rings. The Hall–Kier alpha value is -2.96. The second-order valence-electron chi connectivity index (χ2n) is 7.31. The molecule has 1 unspecified atom stereocenters. The van der Waals surface area contributed by atoms with Crippen molar-refractivity contribution in [2.75, 3.05) is 23.3 Å². The van der Waals surface area contributed by atoms with Gasteiger partial charge >= 0.3 is 0 Å². The molecule has 3 heterocycles. The standard InChI is InChI=1S/C20H24N6O/c1-14(2)19-23-22-17-10-11-18(24-26(17)19)25-12-6-7-15(13-25)20(27)21-16-8-4-3-5-9-16/h3-5,8-11,14-15H,6-7,12-13H2,1-2H3,(H,21,27). The number of amides is 1. The van der Waals surface area contributed by atoms with E-state index in [0.29, 0.717) is 6.54 Å². The fourth-order valence-electron chi connectivity index (χ4n) is 3.49.